The first kappa shape index (κ1) is 23.0. The summed E-state index contributed by atoms with van der Waals surface area (Å²) in [5, 5.41) is 6.10. The number of hydrogen-bond donors (Lipinski definition) is 2. The molecule has 4 aromatic rings. The lowest BCUT2D eigenvalue weighted by Crippen LogP contribution is -2.46. The van der Waals surface area contributed by atoms with Gasteiger partial charge in [0.15, 0.2) is 11.5 Å². The summed E-state index contributed by atoms with van der Waals surface area (Å²) in [5.41, 5.74) is 5.94. The highest BCUT2D eigenvalue weighted by Gasteiger charge is 2.57. The number of carbonyl (C=O) groups is 2. The fourth-order valence-electron chi connectivity index (χ4n) is 6.56. The first-order chi connectivity index (χ1) is 19.6. The fraction of sp³-hybridized carbons (Fsp3) is 0.188. The van der Waals surface area contributed by atoms with E-state index in [9.17, 15) is 9.59 Å². The Morgan fingerprint density at radius 3 is 2.27 bits per heavy atom. The third-order valence-electron chi connectivity index (χ3n) is 8.37. The van der Waals surface area contributed by atoms with Crippen molar-refractivity contribution >= 4 is 17.6 Å². The van der Waals surface area contributed by atoms with Gasteiger partial charge in [0.05, 0.1) is 6.04 Å². The van der Waals surface area contributed by atoms with Crippen molar-refractivity contribution in [3.63, 3.8) is 0 Å². The van der Waals surface area contributed by atoms with Crippen LogP contribution in [-0.2, 0) is 10.2 Å². The van der Waals surface area contributed by atoms with E-state index in [1.807, 2.05) is 66.7 Å². The van der Waals surface area contributed by atoms with Gasteiger partial charge < -0.3 is 29.7 Å². The number of nitrogens with one attached hydrogen (secondary N) is 2. The van der Waals surface area contributed by atoms with Crippen LogP contribution in [0.15, 0.2) is 84.9 Å². The molecule has 8 rings (SSSR count). The van der Waals surface area contributed by atoms with E-state index in [-0.39, 0.29) is 37.9 Å². The summed E-state index contributed by atoms with van der Waals surface area (Å²) >= 11 is 0. The largest absolute Gasteiger partial charge is 0.491 e. The van der Waals surface area contributed by atoms with Gasteiger partial charge in [-0.2, -0.15) is 0 Å². The smallest absolute Gasteiger partial charge is 0.315 e. The number of fused-ring (bicyclic) bond motifs is 8. The Kier molecular flexibility index (Phi) is 4.88. The van der Waals surface area contributed by atoms with E-state index in [1.54, 1.807) is 11.0 Å². The average Bonchev–Trinajstić information content (AvgIpc) is 3.73. The number of benzene rings is 4. The molecule has 3 amide bonds. The Labute approximate surface area is 230 Å². The molecule has 0 aromatic heterocycles. The molecule has 2 N–H and O–H groups in total. The van der Waals surface area contributed by atoms with Crippen LogP contribution < -0.4 is 29.7 Å². The molecule has 40 heavy (non-hydrogen) atoms. The first-order valence-corrected chi connectivity index (χ1v) is 13.4. The second kappa shape index (κ2) is 8.51. The fourth-order valence-corrected chi connectivity index (χ4v) is 6.56. The van der Waals surface area contributed by atoms with Crippen LogP contribution in [0.2, 0.25) is 0 Å². The summed E-state index contributed by atoms with van der Waals surface area (Å²) < 4.78 is 17.2. The van der Waals surface area contributed by atoms with Crippen molar-refractivity contribution in [1.82, 2.24) is 10.6 Å². The molecular formula is C32H25N3O5. The molecule has 198 valence electrons. The molecule has 1 spiro atoms. The predicted octanol–water partition coefficient (Wildman–Crippen LogP) is 4.51. The van der Waals surface area contributed by atoms with Gasteiger partial charge in [0.1, 0.15) is 17.8 Å². The van der Waals surface area contributed by atoms with Crippen LogP contribution in [0, 0.1) is 0 Å². The second-order valence-electron chi connectivity index (χ2n) is 10.4. The Hall–Kier alpha value is -4.98. The molecule has 1 unspecified atom stereocenters. The Bertz CT molecular complexity index is 1670. The minimum Gasteiger partial charge on any atom is -0.491 e. The third kappa shape index (κ3) is 3.13. The minimum atomic E-state index is -0.966. The molecule has 0 saturated carbocycles. The molecule has 1 aliphatic carbocycles. The quantitative estimate of drug-likeness (QED) is 0.405. The van der Waals surface area contributed by atoms with Crippen molar-refractivity contribution in [3.8, 4) is 28.4 Å². The highest BCUT2D eigenvalue weighted by molar-refractivity contribution is 6.11. The molecule has 0 saturated heterocycles. The van der Waals surface area contributed by atoms with E-state index in [2.05, 4.69) is 22.8 Å². The summed E-state index contributed by atoms with van der Waals surface area (Å²) in [6.45, 7) is 0.954. The summed E-state index contributed by atoms with van der Waals surface area (Å²) in [7, 11) is 0. The molecule has 0 radical (unpaired) electrons. The Morgan fingerprint density at radius 1 is 0.825 bits per heavy atom. The monoisotopic (exact) mass is 531 g/mol. The van der Waals surface area contributed by atoms with Crippen molar-refractivity contribution in [1.29, 1.82) is 0 Å². The molecular weight excluding hydrogens is 506 g/mol. The highest BCUT2D eigenvalue weighted by Crippen LogP contribution is 2.55. The first-order valence-electron chi connectivity index (χ1n) is 13.4. The highest BCUT2D eigenvalue weighted by atomic mass is 16.7. The zero-order chi connectivity index (χ0) is 26.8. The normalized spacial score (nSPS) is 19.2. The molecule has 3 aliphatic heterocycles. The summed E-state index contributed by atoms with van der Waals surface area (Å²) in [4.78, 5) is 28.9. The summed E-state index contributed by atoms with van der Waals surface area (Å²) in [6.07, 6.45) is 0. The lowest BCUT2D eigenvalue weighted by Gasteiger charge is -2.23. The van der Waals surface area contributed by atoms with E-state index in [0.29, 0.717) is 23.8 Å². The number of hydrogen-bond acceptors (Lipinski definition) is 5. The van der Waals surface area contributed by atoms with Crippen molar-refractivity contribution in [2.24, 2.45) is 0 Å². The standard InChI is InChI=1S/C32H25N3O5/c36-30-32(17-38-26-16-28-27(15-24(26)32)39-18-40-28)23-11-5-6-12-25(23)35(30)14-13-33-31(37)34-29-21-9-3-1-7-19(21)20-8-2-4-10-22(20)29/h1-12,15-16,29H,13-14,17-18H2,(H2,33,34,37). The van der Waals surface area contributed by atoms with E-state index in [1.165, 1.54) is 0 Å². The molecule has 0 fully saturated rings. The van der Waals surface area contributed by atoms with Crippen LogP contribution >= 0.6 is 0 Å². The van der Waals surface area contributed by atoms with Gasteiger partial charge >= 0.3 is 6.03 Å². The molecule has 1 atom stereocenters. The van der Waals surface area contributed by atoms with Crippen LogP contribution in [0.25, 0.3) is 11.1 Å². The molecule has 8 heteroatoms. The van der Waals surface area contributed by atoms with E-state index >= 15 is 0 Å². The number of para-hydroxylation sites is 1. The summed E-state index contributed by atoms with van der Waals surface area (Å²) in [6, 6.07) is 27.2. The lowest BCUT2D eigenvalue weighted by atomic mass is 9.77. The van der Waals surface area contributed by atoms with Crippen molar-refractivity contribution in [3.05, 3.63) is 107 Å². The van der Waals surface area contributed by atoms with Crippen LogP contribution in [0.3, 0.4) is 0 Å². The number of amides is 3. The number of rotatable bonds is 4. The summed E-state index contributed by atoms with van der Waals surface area (Å²) in [5.74, 6) is 1.78. The number of anilines is 1. The molecule has 4 aliphatic rings. The van der Waals surface area contributed by atoms with Gasteiger partial charge in [0.25, 0.3) is 0 Å². The van der Waals surface area contributed by atoms with Gasteiger partial charge in [-0.1, -0.05) is 66.7 Å². The zero-order valence-electron chi connectivity index (χ0n) is 21.5. The van der Waals surface area contributed by atoms with Crippen LogP contribution in [-0.4, -0.2) is 38.4 Å². The minimum absolute atomic E-state index is 0.0767. The van der Waals surface area contributed by atoms with Crippen LogP contribution in [0.4, 0.5) is 10.5 Å². The number of urea groups is 1. The van der Waals surface area contributed by atoms with Gasteiger partial charge in [-0.3, -0.25) is 4.79 Å². The molecule has 4 aromatic carbocycles. The zero-order valence-corrected chi connectivity index (χ0v) is 21.5. The van der Waals surface area contributed by atoms with Gasteiger partial charge in [-0.15, -0.1) is 0 Å². The van der Waals surface area contributed by atoms with Crippen LogP contribution in [0.1, 0.15) is 28.3 Å². The average molecular weight is 532 g/mol. The van der Waals surface area contributed by atoms with Crippen molar-refractivity contribution in [2.45, 2.75) is 11.5 Å². The Balaban J connectivity index is 1.02. The van der Waals surface area contributed by atoms with E-state index in [4.69, 9.17) is 14.2 Å². The van der Waals surface area contributed by atoms with Crippen molar-refractivity contribution in [2.75, 3.05) is 31.4 Å². The van der Waals surface area contributed by atoms with Gasteiger partial charge in [0, 0.05) is 30.4 Å². The SMILES string of the molecule is O=C(NCCN1C(=O)C2(COc3cc4c(cc32)OCO4)c2ccccc21)NC1c2ccccc2-c2ccccc21. The number of ether oxygens (including phenoxy) is 3. The lowest BCUT2D eigenvalue weighted by molar-refractivity contribution is -0.122. The van der Waals surface area contributed by atoms with E-state index in [0.717, 1.165) is 39.1 Å². The Morgan fingerprint density at radius 2 is 1.50 bits per heavy atom. The molecule has 8 nitrogen and oxygen atoms in total. The number of carbonyl (C=O) groups excluding carboxylic acids is 2. The maximum atomic E-state index is 14.1. The topological polar surface area (TPSA) is 89.1 Å². The second-order valence-corrected chi connectivity index (χ2v) is 10.4. The third-order valence-corrected chi connectivity index (χ3v) is 8.37. The van der Waals surface area contributed by atoms with Gasteiger partial charge in [-0.25, -0.2) is 4.79 Å². The number of nitrogens with zero attached hydrogens (tertiary/aromatic N) is 1. The van der Waals surface area contributed by atoms with Gasteiger partial charge in [0.2, 0.25) is 12.7 Å². The maximum absolute atomic E-state index is 14.1. The molecule has 3 heterocycles. The van der Waals surface area contributed by atoms with Crippen LogP contribution in [0.5, 0.6) is 17.2 Å². The van der Waals surface area contributed by atoms with Gasteiger partial charge in [-0.05, 0) is 39.9 Å². The maximum Gasteiger partial charge on any atom is 0.315 e. The molecule has 0 bridgehead atoms. The van der Waals surface area contributed by atoms with E-state index < -0.39 is 5.41 Å². The predicted molar refractivity (Wildman–Crippen MR) is 148 cm³/mol. The van der Waals surface area contributed by atoms with Crippen molar-refractivity contribution < 1.29 is 23.8 Å².